The van der Waals surface area contributed by atoms with Crippen LogP contribution in [0.5, 0.6) is 0 Å². The van der Waals surface area contributed by atoms with Crippen molar-refractivity contribution < 1.29 is 8.78 Å². The minimum absolute atomic E-state index is 0.0460. The molecule has 0 aromatic heterocycles. The zero-order chi connectivity index (χ0) is 14.6. The van der Waals surface area contributed by atoms with Crippen LogP contribution in [0.4, 0.5) is 0 Å². The summed E-state index contributed by atoms with van der Waals surface area (Å²) in [6.07, 6.45) is 0. The Bertz CT molecular complexity index is 305. The van der Waals surface area contributed by atoms with Gasteiger partial charge in [-0.1, -0.05) is 20.8 Å². The number of alkyl halides is 2. The lowest BCUT2D eigenvalue weighted by atomic mass is 10.2. The summed E-state index contributed by atoms with van der Waals surface area (Å²) < 4.78 is 20.0. The number of hydrogen-bond donors (Lipinski definition) is 1. The predicted octanol–water partition coefficient (Wildman–Crippen LogP) is 3.85. The summed E-state index contributed by atoms with van der Waals surface area (Å²) in [6, 6.07) is 0. The third-order valence-corrected chi connectivity index (χ3v) is 11.3. The minimum atomic E-state index is -3.33. The highest BCUT2D eigenvalue weighted by atomic mass is 35.5. The molecule has 0 fully saturated rings. The Hall–Kier alpha value is 0.907. The number of nitrogens with zero attached hydrogens (tertiary/aromatic N) is 1. The average molecular weight is 335 g/mol. The van der Waals surface area contributed by atoms with E-state index in [1.165, 1.54) is 0 Å². The number of rotatable bonds is 7. The van der Waals surface area contributed by atoms with Crippen LogP contribution in [-0.2, 0) is 8.78 Å². The molecule has 0 radical (unpaired) electrons. The van der Waals surface area contributed by atoms with Crippen LogP contribution in [0.1, 0.15) is 20.8 Å². The summed E-state index contributed by atoms with van der Waals surface area (Å²) in [6.45, 7) is 11.1. The SMILES string of the molecule is CC(C)(C)[Si](C)(C)OP(N)(=O)N(CCCl)CCCl. The second-order valence-corrected chi connectivity index (χ2v) is 13.4. The quantitative estimate of drug-likeness (QED) is 0.436. The van der Waals surface area contributed by atoms with Crippen LogP contribution in [0.2, 0.25) is 18.1 Å². The highest BCUT2D eigenvalue weighted by Crippen LogP contribution is 2.50. The molecule has 0 bridgehead atoms. The molecule has 0 aromatic carbocycles. The standard InChI is InChI=1S/C10H25Cl2N2O2PSi/c1-10(2,3)18(4,5)16-17(13,15)14(8-6-11)9-7-12/h6-9H2,1-5H3,(H2,13,15). The van der Waals surface area contributed by atoms with Gasteiger partial charge in [-0.3, -0.25) is 4.57 Å². The Kier molecular flexibility index (Phi) is 7.43. The third-order valence-electron chi connectivity index (χ3n) is 3.24. The second kappa shape index (κ2) is 7.07. The monoisotopic (exact) mass is 334 g/mol. The van der Waals surface area contributed by atoms with Gasteiger partial charge in [0.1, 0.15) is 0 Å². The van der Waals surface area contributed by atoms with Crippen molar-refractivity contribution in [3.63, 3.8) is 0 Å². The molecule has 0 aliphatic rings. The van der Waals surface area contributed by atoms with Crippen molar-refractivity contribution in [2.75, 3.05) is 24.8 Å². The summed E-state index contributed by atoms with van der Waals surface area (Å²) in [4.78, 5) is 0. The van der Waals surface area contributed by atoms with E-state index >= 15 is 0 Å². The van der Waals surface area contributed by atoms with Gasteiger partial charge in [0.15, 0.2) is 0 Å². The van der Waals surface area contributed by atoms with E-state index in [9.17, 15) is 4.57 Å². The van der Waals surface area contributed by atoms with Crippen molar-refractivity contribution in [3.05, 3.63) is 0 Å². The molecule has 2 N–H and O–H groups in total. The van der Waals surface area contributed by atoms with Gasteiger partial charge in [-0.05, 0) is 18.1 Å². The van der Waals surface area contributed by atoms with Crippen LogP contribution >= 0.6 is 30.9 Å². The smallest absolute Gasteiger partial charge is 0.331 e. The summed E-state index contributed by atoms with van der Waals surface area (Å²) in [7, 11) is -5.50. The normalized spacial score (nSPS) is 16.9. The van der Waals surface area contributed by atoms with Gasteiger partial charge in [0.2, 0.25) is 8.32 Å². The molecule has 110 valence electrons. The lowest BCUT2D eigenvalue weighted by Gasteiger charge is -2.40. The van der Waals surface area contributed by atoms with E-state index in [4.69, 9.17) is 32.9 Å². The fraction of sp³-hybridized carbons (Fsp3) is 1.00. The highest BCUT2D eigenvalue weighted by molar-refractivity contribution is 7.55. The molecule has 18 heavy (non-hydrogen) atoms. The molecular formula is C10H25Cl2N2O2PSi. The molecule has 0 aliphatic carbocycles. The Balaban J connectivity index is 4.96. The first kappa shape index (κ1) is 18.9. The molecule has 0 saturated heterocycles. The maximum atomic E-state index is 12.6. The first-order valence-corrected chi connectivity index (χ1v) is 11.6. The molecule has 0 spiro atoms. The summed E-state index contributed by atoms with van der Waals surface area (Å²) in [5, 5.41) is -0.0460. The third kappa shape index (κ3) is 5.49. The average Bonchev–Trinajstić information content (AvgIpc) is 2.14. The second-order valence-electron chi connectivity index (χ2n) is 5.75. The molecule has 0 aromatic rings. The number of halogens is 2. The minimum Gasteiger partial charge on any atom is -0.348 e. The van der Waals surface area contributed by atoms with Gasteiger partial charge in [-0.2, -0.15) is 0 Å². The van der Waals surface area contributed by atoms with Crippen molar-refractivity contribution in [1.82, 2.24) is 4.67 Å². The zero-order valence-corrected chi connectivity index (χ0v) is 15.3. The Morgan fingerprint density at radius 3 is 1.89 bits per heavy atom. The van der Waals surface area contributed by atoms with Crippen LogP contribution in [-0.4, -0.2) is 37.8 Å². The van der Waals surface area contributed by atoms with Crippen molar-refractivity contribution in [1.29, 1.82) is 0 Å². The lowest BCUT2D eigenvalue weighted by Crippen LogP contribution is -2.43. The molecule has 0 aliphatic heterocycles. The van der Waals surface area contributed by atoms with E-state index in [-0.39, 0.29) is 5.04 Å². The van der Waals surface area contributed by atoms with Gasteiger partial charge >= 0.3 is 7.67 Å². The van der Waals surface area contributed by atoms with Gasteiger partial charge in [0.05, 0.1) is 0 Å². The molecule has 0 heterocycles. The molecule has 8 heteroatoms. The van der Waals surface area contributed by atoms with E-state index < -0.39 is 16.0 Å². The van der Waals surface area contributed by atoms with Gasteiger partial charge in [-0.25, -0.2) is 10.2 Å². The van der Waals surface area contributed by atoms with Crippen LogP contribution in [0.25, 0.3) is 0 Å². The molecule has 1 atom stereocenters. The number of hydrogen-bond acceptors (Lipinski definition) is 2. The number of nitrogens with two attached hydrogens (primary N) is 1. The van der Waals surface area contributed by atoms with E-state index in [1.807, 2.05) is 13.1 Å². The molecular weight excluding hydrogens is 310 g/mol. The fourth-order valence-corrected chi connectivity index (χ4v) is 6.68. The first-order valence-electron chi connectivity index (χ1n) is 5.94. The maximum Gasteiger partial charge on any atom is 0.331 e. The molecule has 0 amide bonds. The molecule has 0 rings (SSSR count). The fourth-order valence-electron chi connectivity index (χ4n) is 1.11. The summed E-state index contributed by atoms with van der Waals surface area (Å²) in [5.41, 5.74) is 5.89. The van der Waals surface area contributed by atoms with Gasteiger partial charge < -0.3 is 4.21 Å². The van der Waals surface area contributed by atoms with Crippen molar-refractivity contribution in [3.8, 4) is 0 Å². The lowest BCUT2D eigenvalue weighted by molar-refractivity contribution is 0.361. The van der Waals surface area contributed by atoms with Crippen molar-refractivity contribution in [2.24, 2.45) is 5.50 Å². The first-order chi connectivity index (χ1) is 7.98. The van der Waals surface area contributed by atoms with Gasteiger partial charge in [-0.15, -0.1) is 23.2 Å². The van der Waals surface area contributed by atoms with Gasteiger partial charge in [0, 0.05) is 24.8 Å². The summed E-state index contributed by atoms with van der Waals surface area (Å²) in [5.74, 6) is 0.692. The zero-order valence-electron chi connectivity index (χ0n) is 11.9. The largest absolute Gasteiger partial charge is 0.348 e. The predicted molar refractivity (Wildman–Crippen MR) is 83.1 cm³/mol. The Morgan fingerprint density at radius 1 is 1.22 bits per heavy atom. The van der Waals surface area contributed by atoms with E-state index in [1.54, 1.807) is 4.67 Å². The molecule has 1 unspecified atom stereocenters. The highest BCUT2D eigenvalue weighted by Gasteiger charge is 2.43. The van der Waals surface area contributed by atoms with Crippen LogP contribution < -0.4 is 5.50 Å². The van der Waals surface area contributed by atoms with E-state index in [0.29, 0.717) is 24.8 Å². The van der Waals surface area contributed by atoms with E-state index in [0.717, 1.165) is 0 Å². The van der Waals surface area contributed by atoms with Gasteiger partial charge in [0.25, 0.3) is 0 Å². The van der Waals surface area contributed by atoms with Crippen LogP contribution in [0.15, 0.2) is 0 Å². The van der Waals surface area contributed by atoms with Crippen LogP contribution in [0.3, 0.4) is 0 Å². The Labute approximate surface area is 122 Å². The van der Waals surface area contributed by atoms with Crippen LogP contribution in [0, 0.1) is 0 Å². The molecule has 0 saturated carbocycles. The van der Waals surface area contributed by atoms with Crippen molar-refractivity contribution in [2.45, 2.75) is 38.9 Å². The molecule has 4 nitrogen and oxygen atoms in total. The topological polar surface area (TPSA) is 55.6 Å². The summed E-state index contributed by atoms with van der Waals surface area (Å²) >= 11 is 11.4. The Morgan fingerprint density at radius 2 is 1.61 bits per heavy atom. The van der Waals surface area contributed by atoms with Crippen molar-refractivity contribution >= 4 is 39.2 Å². The van der Waals surface area contributed by atoms with E-state index in [2.05, 4.69) is 20.8 Å². The maximum absolute atomic E-state index is 12.6.